The number of rotatable bonds is 5. The molecular weight excluding hydrogens is 306 g/mol. The van der Waals surface area contributed by atoms with E-state index in [2.05, 4.69) is 21.6 Å². The van der Waals surface area contributed by atoms with Gasteiger partial charge in [-0.2, -0.15) is 0 Å². The molecule has 2 fully saturated rings. The van der Waals surface area contributed by atoms with Gasteiger partial charge in [0.15, 0.2) is 0 Å². The van der Waals surface area contributed by atoms with Crippen molar-refractivity contribution in [3.05, 3.63) is 29.8 Å². The maximum atomic E-state index is 12.2. The van der Waals surface area contributed by atoms with Crippen molar-refractivity contribution in [1.29, 1.82) is 0 Å². The van der Waals surface area contributed by atoms with Crippen LogP contribution in [0, 0.1) is 5.92 Å². The summed E-state index contributed by atoms with van der Waals surface area (Å²) < 4.78 is 0. The van der Waals surface area contributed by atoms with Gasteiger partial charge in [0.25, 0.3) is 0 Å². The second-order valence-corrected chi connectivity index (χ2v) is 6.94. The highest BCUT2D eigenvalue weighted by Gasteiger charge is 2.28. The standard InChI is InChI=1S/C18H27N3O3/c22-12-13-4-6-21(7-5-13)11-14-2-1-3-15(8-14)20-18(24)17-9-16(23)10-19-17/h1-3,8,13,16-17,19,22-23H,4-7,9-12H2,(H,20,24). The summed E-state index contributed by atoms with van der Waals surface area (Å²) in [6.07, 6.45) is 2.12. The van der Waals surface area contributed by atoms with Crippen LogP contribution in [-0.4, -0.2) is 59.4 Å². The number of carbonyl (C=O) groups is 1. The molecule has 1 amide bonds. The van der Waals surface area contributed by atoms with Crippen molar-refractivity contribution in [1.82, 2.24) is 10.2 Å². The van der Waals surface area contributed by atoms with Gasteiger partial charge >= 0.3 is 0 Å². The Morgan fingerprint density at radius 3 is 2.79 bits per heavy atom. The van der Waals surface area contributed by atoms with Crippen molar-refractivity contribution >= 4 is 11.6 Å². The fraction of sp³-hybridized carbons (Fsp3) is 0.611. The number of carbonyl (C=O) groups excluding carboxylic acids is 1. The Morgan fingerprint density at radius 2 is 2.12 bits per heavy atom. The molecule has 6 nitrogen and oxygen atoms in total. The molecule has 24 heavy (non-hydrogen) atoms. The lowest BCUT2D eigenvalue weighted by Crippen LogP contribution is -2.35. The first-order chi connectivity index (χ1) is 11.6. The van der Waals surface area contributed by atoms with Gasteiger partial charge in [-0.15, -0.1) is 0 Å². The molecule has 1 aromatic carbocycles. The molecule has 0 saturated carbocycles. The van der Waals surface area contributed by atoms with Crippen LogP contribution in [0.2, 0.25) is 0 Å². The molecule has 0 aliphatic carbocycles. The first-order valence-electron chi connectivity index (χ1n) is 8.78. The average molecular weight is 333 g/mol. The number of nitrogens with zero attached hydrogens (tertiary/aromatic N) is 1. The van der Waals surface area contributed by atoms with Gasteiger partial charge in [-0.3, -0.25) is 9.69 Å². The number of benzene rings is 1. The summed E-state index contributed by atoms with van der Waals surface area (Å²) in [4.78, 5) is 14.6. The zero-order valence-corrected chi connectivity index (χ0v) is 13.9. The third-order valence-corrected chi connectivity index (χ3v) is 4.99. The Labute approximate surface area is 142 Å². The van der Waals surface area contributed by atoms with Gasteiger partial charge in [0.05, 0.1) is 12.1 Å². The number of β-amino-alcohol motifs (C(OH)–C–C–N with tert-alkyl or cyclic N) is 1. The number of likely N-dealkylation sites (tertiary alicyclic amines) is 1. The van der Waals surface area contributed by atoms with E-state index in [1.807, 2.05) is 18.2 Å². The van der Waals surface area contributed by atoms with Crippen LogP contribution in [0.25, 0.3) is 0 Å². The highest BCUT2D eigenvalue weighted by Crippen LogP contribution is 2.20. The monoisotopic (exact) mass is 333 g/mol. The average Bonchev–Trinajstić information content (AvgIpc) is 3.02. The summed E-state index contributed by atoms with van der Waals surface area (Å²) in [5.41, 5.74) is 1.97. The quantitative estimate of drug-likeness (QED) is 0.632. The van der Waals surface area contributed by atoms with E-state index in [0.29, 0.717) is 25.5 Å². The zero-order valence-electron chi connectivity index (χ0n) is 13.9. The van der Waals surface area contributed by atoms with Crippen LogP contribution in [0.3, 0.4) is 0 Å². The molecule has 2 saturated heterocycles. The third kappa shape index (κ3) is 4.54. The Bertz CT molecular complexity index is 558. The summed E-state index contributed by atoms with van der Waals surface area (Å²) >= 11 is 0. The number of aliphatic hydroxyl groups is 2. The summed E-state index contributed by atoms with van der Waals surface area (Å²) in [7, 11) is 0. The van der Waals surface area contributed by atoms with Crippen molar-refractivity contribution in [3.63, 3.8) is 0 Å². The SMILES string of the molecule is O=C(Nc1cccc(CN2CCC(CO)CC2)c1)C1CC(O)CN1. The van der Waals surface area contributed by atoms with Crippen LogP contribution in [0.5, 0.6) is 0 Å². The van der Waals surface area contributed by atoms with Gasteiger partial charge in [0.1, 0.15) is 0 Å². The molecular formula is C18H27N3O3. The van der Waals surface area contributed by atoms with Gasteiger partial charge in [0.2, 0.25) is 5.91 Å². The molecule has 6 heteroatoms. The molecule has 1 aromatic rings. The van der Waals surface area contributed by atoms with Crippen molar-refractivity contribution in [2.24, 2.45) is 5.92 Å². The lowest BCUT2D eigenvalue weighted by atomic mass is 9.97. The summed E-state index contributed by atoms with van der Waals surface area (Å²) in [5, 5.41) is 24.7. The van der Waals surface area contributed by atoms with E-state index in [9.17, 15) is 15.0 Å². The molecule has 0 aromatic heterocycles. The second-order valence-electron chi connectivity index (χ2n) is 6.94. The predicted molar refractivity (Wildman–Crippen MR) is 92.6 cm³/mol. The molecule has 4 N–H and O–H groups in total. The van der Waals surface area contributed by atoms with Crippen molar-refractivity contribution < 1.29 is 15.0 Å². The normalized spacial score (nSPS) is 25.8. The van der Waals surface area contributed by atoms with Crippen LogP contribution in [0.15, 0.2) is 24.3 Å². The highest BCUT2D eigenvalue weighted by molar-refractivity contribution is 5.95. The van der Waals surface area contributed by atoms with Crippen molar-refractivity contribution in [2.75, 3.05) is 31.6 Å². The number of amides is 1. The van der Waals surface area contributed by atoms with Gasteiger partial charge in [0, 0.05) is 25.4 Å². The van der Waals surface area contributed by atoms with Crippen LogP contribution < -0.4 is 10.6 Å². The van der Waals surface area contributed by atoms with Gasteiger partial charge < -0.3 is 20.8 Å². The minimum absolute atomic E-state index is 0.0903. The molecule has 2 heterocycles. The zero-order chi connectivity index (χ0) is 16.9. The molecule has 3 rings (SSSR count). The molecule has 0 spiro atoms. The van der Waals surface area contributed by atoms with Crippen molar-refractivity contribution in [2.45, 2.75) is 38.0 Å². The van der Waals surface area contributed by atoms with Crippen LogP contribution in [-0.2, 0) is 11.3 Å². The Balaban J connectivity index is 1.53. The number of aliphatic hydroxyl groups excluding tert-OH is 2. The maximum absolute atomic E-state index is 12.2. The fourth-order valence-electron chi connectivity index (χ4n) is 3.48. The van der Waals surface area contributed by atoms with E-state index >= 15 is 0 Å². The van der Waals surface area contributed by atoms with Gasteiger partial charge in [-0.05, 0) is 56.0 Å². The largest absolute Gasteiger partial charge is 0.396 e. The van der Waals surface area contributed by atoms with Crippen LogP contribution in [0.4, 0.5) is 5.69 Å². The fourth-order valence-corrected chi connectivity index (χ4v) is 3.48. The second kappa shape index (κ2) is 8.07. The lowest BCUT2D eigenvalue weighted by Gasteiger charge is -2.31. The van der Waals surface area contributed by atoms with Gasteiger partial charge in [-0.25, -0.2) is 0 Å². The van der Waals surface area contributed by atoms with E-state index < -0.39 is 6.10 Å². The topological polar surface area (TPSA) is 84.8 Å². The Kier molecular flexibility index (Phi) is 5.84. The number of hydrogen-bond donors (Lipinski definition) is 4. The number of nitrogens with one attached hydrogen (secondary N) is 2. The van der Waals surface area contributed by atoms with E-state index in [0.717, 1.165) is 38.2 Å². The third-order valence-electron chi connectivity index (χ3n) is 4.99. The molecule has 2 aliphatic rings. The minimum Gasteiger partial charge on any atom is -0.396 e. The van der Waals surface area contributed by atoms with Gasteiger partial charge in [-0.1, -0.05) is 12.1 Å². The van der Waals surface area contributed by atoms with E-state index in [4.69, 9.17) is 0 Å². The first kappa shape index (κ1) is 17.4. The summed E-state index contributed by atoms with van der Waals surface area (Å²) in [5.74, 6) is 0.355. The van der Waals surface area contributed by atoms with Crippen LogP contribution >= 0.6 is 0 Å². The maximum Gasteiger partial charge on any atom is 0.241 e. The first-order valence-corrected chi connectivity index (χ1v) is 8.78. The smallest absolute Gasteiger partial charge is 0.241 e. The lowest BCUT2D eigenvalue weighted by molar-refractivity contribution is -0.117. The molecule has 2 atom stereocenters. The van der Waals surface area contributed by atoms with E-state index in [1.54, 1.807) is 0 Å². The van der Waals surface area contributed by atoms with Crippen LogP contribution in [0.1, 0.15) is 24.8 Å². The number of piperidine rings is 1. The van der Waals surface area contributed by atoms with E-state index in [1.165, 1.54) is 5.56 Å². The molecule has 2 unspecified atom stereocenters. The van der Waals surface area contributed by atoms with E-state index in [-0.39, 0.29) is 11.9 Å². The molecule has 0 radical (unpaired) electrons. The molecule has 0 bridgehead atoms. The molecule has 2 aliphatic heterocycles. The minimum atomic E-state index is -0.436. The summed E-state index contributed by atoms with van der Waals surface area (Å²) in [6, 6.07) is 7.63. The predicted octanol–water partition coefficient (Wildman–Crippen LogP) is 0.552. The van der Waals surface area contributed by atoms with Crippen molar-refractivity contribution in [3.8, 4) is 0 Å². The molecule has 132 valence electrons. The summed E-state index contributed by atoms with van der Waals surface area (Å²) in [6.45, 7) is 3.64. The number of hydrogen-bond acceptors (Lipinski definition) is 5. The number of anilines is 1. The Morgan fingerprint density at radius 1 is 1.33 bits per heavy atom. The Hall–Kier alpha value is -1.47. The highest BCUT2D eigenvalue weighted by atomic mass is 16.3.